The summed E-state index contributed by atoms with van der Waals surface area (Å²) in [5, 5.41) is 29.3. The van der Waals surface area contributed by atoms with Crippen molar-refractivity contribution in [2.24, 2.45) is 0 Å². The number of rotatable bonds is 2. The van der Waals surface area contributed by atoms with Crippen molar-refractivity contribution >= 4 is 18.3 Å². The van der Waals surface area contributed by atoms with Crippen LogP contribution in [0.1, 0.15) is 26.3 Å². The molecule has 0 spiro atoms. The summed E-state index contributed by atoms with van der Waals surface area (Å²) in [6.45, 7) is 5.38. The van der Waals surface area contributed by atoms with Crippen molar-refractivity contribution in [1.82, 2.24) is 0 Å². The van der Waals surface area contributed by atoms with E-state index in [4.69, 9.17) is 0 Å². The maximum Gasteiger partial charge on any atom is 0.488 e. The number of nitrogens with zero attached hydrogens (tertiary/aromatic N) is 1. The largest absolute Gasteiger partial charge is 0.488 e. The predicted molar refractivity (Wildman–Crippen MR) is 61.6 cm³/mol. The Balaban J connectivity index is 3.54. The fourth-order valence-corrected chi connectivity index (χ4v) is 1.74. The zero-order chi connectivity index (χ0) is 12.5. The van der Waals surface area contributed by atoms with Crippen molar-refractivity contribution in [3.63, 3.8) is 0 Å². The van der Waals surface area contributed by atoms with Gasteiger partial charge in [0, 0.05) is 11.6 Å². The second-order valence-corrected chi connectivity index (χ2v) is 4.62. The smallest absolute Gasteiger partial charge is 0.423 e. The molecule has 16 heavy (non-hydrogen) atoms. The minimum atomic E-state index is -1.70. The third-order valence-electron chi connectivity index (χ3n) is 2.30. The molecule has 0 radical (unpaired) electrons. The molecule has 0 aliphatic rings. The Hall–Kier alpha value is -1.40. The fraction of sp³-hybridized carbons (Fsp3) is 0.400. The molecule has 6 heteroatoms. The summed E-state index contributed by atoms with van der Waals surface area (Å²) in [7, 11) is -1.70. The summed E-state index contributed by atoms with van der Waals surface area (Å²) >= 11 is 0. The monoisotopic (exact) mass is 223 g/mol. The van der Waals surface area contributed by atoms with E-state index in [-0.39, 0.29) is 11.2 Å². The average molecular weight is 223 g/mol. The number of nitro groups is 1. The number of benzene rings is 1. The number of nitro benzene ring substituents is 1. The van der Waals surface area contributed by atoms with E-state index in [1.807, 2.05) is 0 Å². The van der Waals surface area contributed by atoms with Gasteiger partial charge < -0.3 is 10.0 Å². The van der Waals surface area contributed by atoms with Crippen molar-refractivity contribution < 1.29 is 15.0 Å². The maximum atomic E-state index is 10.9. The number of hydrogen-bond donors (Lipinski definition) is 2. The van der Waals surface area contributed by atoms with Gasteiger partial charge in [0.15, 0.2) is 0 Å². The van der Waals surface area contributed by atoms with E-state index in [2.05, 4.69) is 0 Å². The van der Waals surface area contributed by atoms with E-state index < -0.39 is 17.5 Å². The first-order valence-electron chi connectivity index (χ1n) is 4.89. The Labute approximate surface area is 94.0 Å². The molecule has 2 N–H and O–H groups in total. The first-order chi connectivity index (χ1) is 7.25. The fourth-order valence-electron chi connectivity index (χ4n) is 1.74. The summed E-state index contributed by atoms with van der Waals surface area (Å²) < 4.78 is 0. The first-order valence-corrected chi connectivity index (χ1v) is 4.89. The van der Waals surface area contributed by atoms with Crippen LogP contribution in [-0.2, 0) is 5.41 Å². The molecule has 0 bridgehead atoms. The van der Waals surface area contributed by atoms with E-state index in [9.17, 15) is 20.2 Å². The van der Waals surface area contributed by atoms with Crippen LogP contribution in [-0.4, -0.2) is 22.1 Å². The van der Waals surface area contributed by atoms with Gasteiger partial charge in [-0.3, -0.25) is 10.1 Å². The molecule has 0 fully saturated rings. The van der Waals surface area contributed by atoms with Gasteiger partial charge in [-0.15, -0.1) is 0 Å². The van der Waals surface area contributed by atoms with Crippen LogP contribution in [0.4, 0.5) is 5.69 Å². The zero-order valence-corrected chi connectivity index (χ0v) is 9.47. The molecule has 0 atom stereocenters. The molecule has 0 unspecified atom stereocenters. The summed E-state index contributed by atoms with van der Waals surface area (Å²) in [4.78, 5) is 10.4. The summed E-state index contributed by atoms with van der Waals surface area (Å²) in [5.41, 5.74) is -0.0716. The molecule has 0 saturated heterocycles. The molecule has 1 aromatic rings. The van der Waals surface area contributed by atoms with E-state index in [1.165, 1.54) is 18.2 Å². The van der Waals surface area contributed by atoms with Crippen LogP contribution in [0.25, 0.3) is 0 Å². The van der Waals surface area contributed by atoms with Crippen LogP contribution in [0.3, 0.4) is 0 Å². The molecule has 0 aliphatic heterocycles. The molecule has 1 rings (SSSR count). The molecule has 0 heterocycles. The van der Waals surface area contributed by atoms with Crippen LogP contribution >= 0.6 is 0 Å². The molecule has 0 aliphatic carbocycles. The summed E-state index contributed by atoms with van der Waals surface area (Å²) in [6.07, 6.45) is 0. The van der Waals surface area contributed by atoms with E-state index >= 15 is 0 Å². The zero-order valence-electron chi connectivity index (χ0n) is 9.47. The van der Waals surface area contributed by atoms with Gasteiger partial charge in [0.2, 0.25) is 0 Å². The van der Waals surface area contributed by atoms with Gasteiger partial charge in [-0.05, 0) is 10.9 Å². The van der Waals surface area contributed by atoms with E-state index in [0.29, 0.717) is 5.56 Å². The summed E-state index contributed by atoms with van der Waals surface area (Å²) in [6, 6.07) is 4.30. The highest BCUT2D eigenvalue weighted by atomic mass is 16.6. The lowest BCUT2D eigenvalue weighted by Crippen LogP contribution is -2.37. The quantitative estimate of drug-likeness (QED) is 0.436. The van der Waals surface area contributed by atoms with Gasteiger partial charge in [0.25, 0.3) is 5.69 Å². The van der Waals surface area contributed by atoms with E-state index in [1.54, 1.807) is 20.8 Å². The van der Waals surface area contributed by atoms with Crippen molar-refractivity contribution in [2.75, 3.05) is 0 Å². The number of hydrogen-bond acceptors (Lipinski definition) is 4. The molecule has 1 aromatic carbocycles. The van der Waals surface area contributed by atoms with Crippen LogP contribution in [0.15, 0.2) is 18.2 Å². The average Bonchev–Trinajstić information content (AvgIpc) is 2.15. The van der Waals surface area contributed by atoms with Gasteiger partial charge in [-0.1, -0.05) is 32.9 Å². The van der Waals surface area contributed by atoms with Crippen molar-refractivity contribution in [3.8, 4) is 0 Å². The van der Waals surface area contributed by atoms with Crippen molar-refractivity contribution in [1.29, 1.82) is 0 Å². The lowest BCUT2D eigenvalue weighted by molar-refractivity contribution is -0.385. The highest BCUT2D eigenvalue weighted by Gasteiger charge is 2.31. The minimum Gasteiger partial charge on any atom is -0.423 e. The highest BCUT2D eigenvalue weighted by Crippen LogP contribution is 2.29. The third kappa shape index (κ3) is 2.40. The normalized spacial score (nSPS) is 11.3. The molecule has 5 nitrogen and oxygen atoms in total. The first kappa shape index (κ1) is 12.7. The van der Waals surface area contributed by atoms with Gasteiger partial charge >= 0.3 is 7.12 Å². The Morgan fingerprint density at radius 2 is 1.88 bits per heavy atom. The predicted octanol–water partition coefficient (Wildman–Crippen LogP) is 0.572. The molecule has 0 amide bonds. The Morgan fingerprint density at radius 3 is 2.25 bits per heavy atom. The van der Waals surface area contributed by atoms with Gasteiger partial charge in [-0.2, -0.15) is 0 Å². The lowest BCUT2D eigenvalue weighted by Gasteiger charge is -2.22. The lowest BCUT2D eigenvalue weighted by atomic mass is 9.69. The van der Waals surface area contributed by atoms with Gasteiger partial charge in [0.05, 0.1) is 4.92 Å². The highest BCUT2D eigenvalue weighted by molar-refractivity contribution is 6.59. The molecular formula is C10H14BNO4. The van der Waals surface area contributed by atoms with Crippen LogP contribution in [0.2, 0.25) is 0 Å². The van der Waals surface area contributed by atoms with Crippen molar-refractivity contribution in [2.45, 2.75) is 26.2 Å². The molecule has 0 saturated carbocycles. The molecule has 86 valence electrons. The van der Waals surface area contributed by atoms with Crippen molar-refractivity contribution in [3.05, 3.63) is 33.9 Å². The van der Waals surface area contributed by atoms with Crippen LogP contribution in [0, 0.1) is 10.1 Å². The van der Waals surface area contributed by atoms with Gasteiger partial charge in [-0.25, -0.2) is 0 Å². The standard InChI is InChI=1S/C10H14BNO4/c1-10(2,3)9-7(11(13)14)5-4-6-8(9)12(15)16/h4-6,13-14H,1-3H3. The van der Waals surface area contributed by atoms with Crippen LogP contribution < -0.4 is 5.46 Å². The maximum absolute atomic E-state index is 10.9. The Kier molecular flexibility index (Phi) is 3.35. The SMILES string of the molecule is CC(C)(C)c1c(B(O)O)cccc1[N+](=O)[O-]. The Morgan fingerprint density at radius 1 is 1.31 bits per heavy atom. The second-order valence-electron chi connectivity index (χ2n) is 4.62. The van der Waals surface area contributed by atoms with Gasteiger partial charge in [0.1, 0.15) is 0 Å². The third-order valence-corrected chi connectivity index (χ3v) is 2.30. The van der Waals surface area contributed by atoms with E-state index in [0.717, 1.165) is 0 Å². The minimum absolute atomic E-state index is 0.0851. The second kappa shape index (κ2) is 4.23. The molecule has 0 aromatic heterocycles. The Bertz CT molecular complexity index is 412. The topological polar surface area (TPSA) is 83.6 Å². The molecular weight excluding hydrogens is 209 g/mol. The van der Waals surface area contributed by atoms with Crippen LogP contribution in [0.5, 0.6) is 0 Å². The summed E-state index contributed by atoms with van der Waals surface area (Å²) in [5.74, 6) is 0.